The molecule has 1 saturated heterocycles. The summed E-state index contributed by atoms with van der Waals surface area (Å²) in [6, 6.07) is 15.5. The van der Waals surface area contributed by atoms with Crippen molar-refractivity contribution in [3.8, 4) is 11.8 Å². The maximum atomic E-state index is 12.6. The Morgan fingerprint density at radius 3 is 2.55 bits per heavy atom. The summed E-state index contributed by atoms with van der Waals surface area (Å²) in [4.78, 5) is 19.9. The predicted molar refractivity (Wildman–Crippen MR) is 124 cm³/mol. The number of benzene rings is 2. The lowest BCUT2D eigenvalue weighted by Crippen LogP contribution is -2.50. The molecule has 162 valence electrons. The molecule has 1 aromatic heterocycles. The number of nitrogens with zero attached hydrogens (tertiary/aromatic N) is 3. The molecule has 0 atom stereocenters. The number of nitriles is 1. The smallest absolute Gasteiger partial charge is 0.260 e. The average Bonchev–Trinajstić information content (AvgIpc) is 3.20. The summed E-state index contributed by atoms with van der Waals surface area (Å²) in [5, 5.41) is 10.0. The van der Waals surface area contributed by atoms with E-state index in [4.69, 9.17) is 15.7 Å². The minimum Gasteiger partial charge on any atom is -0.484 e. The van der Waals surface area contributed by atoms with Gasteiger partial charge in [0.05, 0.1) is 11.6 Å². The second kappa shape index (κ2) is 10.2. The van der Waals surface area contributed by atoms with Crippen LogP contribution in [0.5, 0.6) is 5.75 Å². The second-order valence-corrected chi connectivity index (χ2v) is 7.38. The number of anilines is 1. The number of carbonyl (C=O) groups is 1. The van der Waals surface area contributed by atoms with Gasteiger partial charge in [-0.25, -0.2) is 0 Å². The molecule has 0 bridgehead atoms. The van der Waals surface area contributed by atoms with E-state index in [0.717, 1.165) is 41.7 Å². The Kier molecular flexibility index (Phi) is 7.40. The van der Waals surface area contributed by atoms with Crippen LogP contribution in [0.4, 0.5) is 5.69 Å². The Morgan fingerprint density at radius 1 is 1.13 bits per heavy atom. The molecule has 1 aliphatic rings. The highest BCUT2D eigenvalue weighted by Crippen LogP contribution is 2.24. The van der Waals surface area contributed by atoms with Crippen LogP contribution in [0.3, 0.4) is 0 Å². The number of halogens is 1. The lowest BCUT2D eigenvalue weighted by atomic mass is 10.1. The first-order valence-electron chi connectivity index (χ1n) is 10.1. The van der Waals surface area contributed by atoms with Crippen molar-refractivity contribution in [1.82, 2.24) is 9.88 Å². The van der Waals surface area contributed by atoms with Gasteiger partial charge in [-0.05, 0) is 61.0 Å². The van der Waals surface area contributed by atoms with Gasteiger partial charge in [-0.3, -0.25) is 4.79 Å². The zero-order valence-corrected chi connectivity index (χ0v) is 18.0. The molecule has 2 heterocycles. The van der Waals surface area contributed by atoms with Gasteiger partial charge in [0.1, 0.15) is 5.75 Å². The van der Waals surface area contributed by atoms with Gasteiger partial charge in [0, 0.05) is 49.0 Å². The number of hydrogen-bond donors (Lipinski definition) is 2. The van der Waals surface area contributed by atoms with E-state index in [9.17, 15) is 4.79 Å². The summed E-state index contributed by atoms with van der Waals surface area (Å²) in [5.41, 5.74) is 9.60. The normalized spacial score (nSPS) is 13.5. The second-order valence-electron chi connectivity index (χ2n) is 7.38. The van der Waals surface area contributed by atoms with Crippen LogP contribution in [0.1, 0.15) is 11.1 Å². The van der Waals surface area contributed by atoms with Crippen LogP contribution in [0, 0.1) is 11.3 Å². The summed E-state index contributed by atoms with van der Waals surface area (Å²) in [5.74, 6) is 0.677. The van der Waals surface area contributed by atoms with E-state index in [2.05, 4.69) is 16.0 Å². The highest BCUT2D eigenvalue weighted by Gasteiger charge is 2.21. The highest BCUT2D eigenvalue weighted by molar-refractivity contribution is 5.85. The third-order valence-electron chi connectivity index (χ3n) is 5.51. The van der Waals surface area contributed by atoms with Crippen molar-refractivity contribution >= 4 is 34.9 Å². The summed E-state index contributed by atoms with van der Waals surface area (Å²) in [6.45, 7) is 3.44. The molecular formula is C23H26ClN5O2. The Hall–Kier alpha value is -3.21. The van der Waals surface area contributed by atoms with Crippen LogP contribution < -0.4 is 15.4 Å². The summed E-state index contributed by atoms with van der Waals surface area (Å²) >= 11 is 0. The fraction of sp³-hybridized carbons (Fsp3) is 0.304. The maximum absolute atomic E-state index is 12.6. The first-order chi connectivity index (χ1) is 14.7. The maximum Gasteiger partial charge on any atom is 0.260 e. The van der Waals surface area contributed by atoms with Crippen molar-refractivity contribution in [2.75, 3.05) is 44.2 Å². The third-order valence-corrected chi connectivity index (χ3v) is 5.51. The standard InChI is InChI=1S/C23H25N5O2.ClH/c24-8-7-18-15-26-22-6-5-20(13-21(18)22)30-16-23(29)28-11-9-27(10-12-28)19-3-1-17(14-25)2-4-19;/h1-6,13,15,26H,7-12,16,24H2;1H. The van der Waals surface area contributed by atoms with E-state index in [1.54, 1.807) is 0 Å². The Balaban J connectivity index is 0.00000272. The lowest BCUT2D eigenvalue weighted by molar-refractivity contribution is -0.133. The molecule has 4 rings (SSSR count). The Labute approximate surface area is 187 Å². The van der Waals surface area contributed by atoms with Gasteiger partial charge >= 0.3 is 0 Å². The third kappa shape index (κ3) is 5.10. The minimum absolute atomic E-state index is 0. The molecule has 1 aliphatic heterocycles. The van der Waals surface area contributed by atoms with Crippen molar-refractivity contribution in [2.45, 2.75) is 6.42 Å². The van der Waals surface area contributed by atoms with E-state index in [1.165, 1.54) is 0 Å². The molecule has 1 amide bonds. The molecule has 1 fully saturated rings. The molecule has 0 unspecified atom stereocenters. The number of carbonyl (C=O) groups excluding carboxylic acids is 1. The molecule has 3 aromatic rings. The van der Waals surface area contributed by atoms with Gasteiger partial charge in [0.15, 0.2) is 6.61 Å². The molecule has 0 saturated carbocycles. The SMILES string of the molecule is Cl.N#Cc1ccc(N2CCN(C(=O)COc3ccc4[nH]cc(CCN)c4c3)CC2)cc1. The summed E-state index contributed by atoms with van der Waals surface area (Å²) in [7, 11) is 0. The van der Waals surface area contributed by atoms with Gasteiger partial charge in [-0.1, -0.05) is 0 Å². The molecule has 0 aliphatic carbocycles. The van der Waals surface area contributed by atoms with Crippen molar-refractivity contribution < 1.29 is 9.53 Å². The number of rotatable bonds is 6. The van der Waals surface area contributed by atoms with E-state index in [0.29, 0.717) is 30.9 Å². The number of piperazine rings is 1. The number of amides is 1. The number of nitrogens with one attached hydrogen (secondary N) is 1. The number of ether oxygens (including phenoxy) is 1. The van der Waals surface area contributed by atoms with Gasteiger partial charge in [-0.15, -0.1) is 12.4 Å². The first-order valence-corrected chi connectivity index (χ1v) is 10.1. The molecule has 8 heteroatoms. The zero-order valence-electron chi connectivity index (χ0n) is 17.2. The zero-order chi connectivity index (χ0) is 20.9. The van der Waals surface area contributed by atoms with E-state index in [-0.39, 0.29) is 24.9 Å². The number of nitrogens with two attached hydrogens (primary N) is 1. The number of hydrogen-bond acceptors (Lipinski definition) is 5. The number of aromatic nitrogens is 1. The number of aromatic amines is 1. The molecule has 0 spiro atoms. The lowest BCUT2D eigenvalue weighted by Gasteiger charge is -2.36. The van der Waals surface area contributed by atoms with Gasteiger partial charge in [0.2, 0.25) is 0 Å². The van der Waals surface area contributed by atoms with E-state index in [1.807, 2.05) is 53.6 Å². The molecule has 7 nitrogen and oxygen atoms in total. The summed E-state index contributed by atoms with van der Waals surface area (Å²) in [6.07, 6.45) is 2.77. The molecule has 0 radical (unpaired) electrons. The monoisotopic (exact) mass is 439 g/mol. The largest absolute Gasteiger partial charge is 0.484 e. The predicted octanol–water partition coefficient (Wildman–Crippen LogP) is 2.69. The number of fused-ring (bicyclic) bond motifs is 1. The minimum atomic E-state index is -0.00849. The van der Waals surface area contributed by atoms with Crippen LogP contribution in [0.2, 0.25) is 0 Å². The topological polar surface area (TPSA) is 98.4 Å². The van der Waals surface area contributed by atoms with Crippen LogP contribution in [0.25, 0.3) is 10.9 Å². The van der Waals surface area contributed by atoms with E-state index < -0.39 is 0 Å². The molecule has 2 aromatic carbocycles. The van der Waals surface area contributed by atoms with Crippen molar-refractivity contribution in [3.63, 3.8) is 0 Å². The molecular weight excluding hydrogens is 414 g/mol. The van der Waals surface area contributed by atoms with Gasteiger partial charge in [0.25, 0.3) is 5.91 Å². The Morgan fingerprint density at radius 2 is 1.87 bits per heavy atom. The molecule has 31 heavy (non-hydrogen) atoms. The summed E-state index contributed by atoms with van der Waals surface area (Å²) < 4.78 is 5.79. The average molecular weight is 440 g/mol. The van der Waals surface area contributed by atoms with Crippen molar-refractivity contribution in [1.29, 1.82) is 5.26 Å². The van der Waals surface area contributed by atoms with E-state index >= 15 is 0 Å². The fourth-order valence-corrected chi connectivity index (χ4v) is 3.81. The molecule has 3 N–H and O–H groups in total. The highest BCUT2D eigenvalue weighted by atomic mass is 35.5. The quantitative estimate of drug-likeness (QED) is 0.615. The van der Waals surface area contributed by atoms with Gasteiger partial charge in [-0.2, -0.15) is 5.26 Å². The van der Waals surface area contributed by atoms with Crippen LogP contribution in [-0.4, -0.2) is 55.1 Å². The van der Waals surface area contributed by atoms with Crippen molar-refractivity contribution in [2.24, 2.45) is 5.73 Å². The van der Waals surface area contributed by atoms with Crippen LogP contribution in [0.15, 0.2) is 48.7 Å². The van der Waals surface area contributed by atoms with Crippen LogP contribution >= 0.6 is 12.4 Å². The Bertz CT molecular complexity index is 1070. The first kappa shape index (κ1) is 22.5. The van der Waals surface area contributed by atoms with Crippen LogP contribution in [-0.2, 0) is 11.2 Å². The fourth-order valence-electron chi connectivity index (χ4n) is 3.81. The van der Waals surface area contributed by atoms with Crippen molar-refractivity contribution in [3.05, 3.63) is 59.8 Å². The number of H-pyrrole nitrogens is 1. The van der Waals surface area contributed by atoms with Gasteiger partial charge < -0.3 is 25.3 Å².